The zero-order valence-corrected chi connectivity index (χ0v) is 10.4. The van der Waals surface area contributed by atoms with Crippen molar-refractivity contribution in [1.82, 2.24) is 10.3 Å². The zero-order valence-electron chi connectivity index (χ0n) is 10.4. The lowest BCUT2D eigenvalue weighted by Gasteiger charge is -2.02. The summed E-state index contributed by atoms with van der Waals surface area (Å²) in [5.41, 5.74) is 3.20. The molecule has 1 aliphatic rings. The SMILES string of the molecule is CC(C)c1ccc2oc(C3CCCN3)nc2c1. The van der Waals surface area contributed by atoms with Gasteiger partial charge < -0.3 is 9.73 Å². The Morgan fingerprint density at radius 2 is 2.29 bits per heavy atom. The smallest absolute Gasteiger partial charge is 0.212 e. The summed E-state index contributed by atoms with van der Waals surface area (Å²) in [6.07, 6.45) is 2.34. The van der Waals surface area contributed by atoms with Gasteiger partial charge in [-0.15, -0.1) is 0 Å². The maximum absolute atomic E-state index is 5.81. The topological polar surface area (TPSA) is 38.1 Å². The highest BCUT2D eigenvalue weighted by atomic mass is 16.3. The molecule has 0 aliphatic carbocycles. The molecule has 1 N–H and O–H groups in total. The number of oxazole rings is 1. The lowest BCUT2D eigenvalue weighted by Crippen LogP contribution is -2.12. The molecule has 1 unspecified atom stereocenters. The lowest BCUT2D eigenvalue weighted by atomic mass is 10.0. The molecule has 0 bridgehead atoms. The van der Waals surface area contributed by atoms with Crippen molar-refractivity contribution in [2.75, 3.05) is 6.54 Å². The fourth-order valence-electron chi connectivity index (χ4n) is 2.37. The highest BCUT2D eigenvalue weighted by molar-refractivity contribution is 5.73. The van der Waals surface area contributed by atoms with Crippen LogP contribution in [0.15, 0.2) is 22.6 Å². The van der Waals surface area contributed by atoms with Crippen molar-refractivity contribution in [3.63, 3.8) is 0 Å². The average molecular weight is 230 g/mol. The second-order valence-corrected chi connectivity index (χ2v) is 5.08. The molecule has 1 atom stereocenters. The van der Waals surface area contributed by atoms with Crippen molar-refractivity contribution >= 4 is 11.1 Å². The quantitative estimate of drug-likeness (QED) is 0.859. The van der Waals surface area contributed by atoms with E-state index in [1.54, 1.807) is 0 Å². The van der Waals surface area contributed by atoms with E-state index in [9.17, 15) is 0 Å². The third kappa shape index (κ3) is 1.95. The van der Waals surface area contributed by atoms with E-state index >= 15 is 0 Å². The van der Waals surface area contributed by atoms with Crippen molar-refractivity contribution in [3.8, 4) is 0 Å². The van der Waals surface area contributed by atoms with Crippen LogP contribution in [0.3, 0.4) is 0 Å². The normalized spacial score (nSPS) is 20.5. The third-order valence-corrected chi connectivity index (χ3v) is 3.45. The molecule has 3 rings (SSSR count). The minimum atomic E-state index is 0.310. The summed E-state index contributed by atoms with van der Waals surface area (Å²) in [4.78, 5) is 4.61. The van der Waals surface area contributed by atoms with E-state index in [0.717, 1.165) is 30.0 Å². The molecule has 3 nitrogen and oxygen atoms in total. The monoisotopic (exact) mass is 230 g/mol. The lowest BCUT2D eigenvalue weighted by molar-refractivity contribution is 0.452. The Morgan fingerprint density at radius 1 is 1.41 bits per heavy atom. The van der Waals surface area contributed by atoms with Crippen LogP contribution >= 0.6 is 0 Å². The third-order valence-electron chi connectivity index (χ3n) is 3.45. The predicted octanol–water partition coefficient (Wildman–Crippen LogP) is 3.38. The minimum Gasteiger partial charge on any atom is -0.439 e. The largest absolute Gasteiger partial charge is 0.439 e. The minimum absolute atomic E-state index is 0.310. The number of fused-ring (bicyclic) bond motifs is 1. The van der Waals surface area contributed by atoms with Gasteiger partial charge in [0.2, 0.25) is 5.89 Å². The molecule has 17 heavy (non-hydrogen) atoms. The van der Waals surface area contributed by atoms with E-state index in [2.05, 4.69) is 36.3 Å². The van der Waals surface area contributed by atoms with Crippen LogP contribution < -0.4 is 5.32 Å². The van der Waals surface area contributed by atoms with Crippen LogP contribution in [-0.4, -0.2) is 11.5 Å². The number of rotatable bonds is 2. The van der Waals surface area contributed by atoms with Gasteiger partial charge in [-0.1, -0.05) is 19.9 Å². The fraction of sp³-hybridized carbons (Fsp3) is 0.500. The van der Waals surface area contributed by atoms with Crippen LogP contribution in [0.2, 0.25) is 0 Å². The van der Waals surface area contributed by atoms with E-state index in [0.29, 0.717) is 12.0 Å². The zero-order chi connectivity index (χ0) is 11.8. The summed E-state index contributed by atoms with van der Waals surface area (Å²) in [7, 11) is 0. The van der Waals surface area contributed by atoms with Crippen molar-refractivity contribution in [2.24, 2.45) is 0 Å². The van der Waals surface area contributed by atoms with Gasteiger partial charge in [0.25, 0.3) is 0 Å². The van der Waals surface area contributed by atoms with Gasteiger partial charge in [0, 0.05) is 0 Å². The van der Waals surface area contributed by atoms with Crippen molar-refractivity contribution in [1.29, 1.82) is 0 Å². The molecule has 1 aromatic carbocycles. The number of nitrogens with one attached hydrogen (secondary N) is 1. The summed E-state index contributed by atoms with van der Waals surface area (Å²) >= 11 is 0. The maximum Gasteiger partial charge on any atom is 0.212 e. The van der Waals surface area contributed by atoms with E-state index in [1.807, 2.05) is 6.07 Å². The molecule has 0 spiro atoms. The molecule has 1 aliphatic heterocycles. The van der Waals surface area contributed by atoms with E-state index < -0.39 is 0 Å². The van der Waals surface area contributed by atoms with E-state index in [4.69, 9.17) is 4.42 Å². The van der Waals surface area contributed by atoms with Gasteiger partial charge in [0.05, 0.1) is 6.04 Å². The second-order valence-electron chi connectivity index (χ2n) is 5.08. The Kier molecular flexibility index (Phi) is 2.63. The highest BCUT2D eigenvalue weighted by Crippen LogP contribution is 2.27. The van der Waals surface area contributed by atoms with Gasteiger partial charge in [-0.3, -0.25) is 0 Å². The molecule has 3 heteroatoms. The number of hydrogen-bond donors (Lipinski definition) is 1. The molecule has 2 heterocycles. The molecule has 0 amide bonds. The fourth-order valence-corrected chi connectivity index (χ4v) is 2.37. The van der Waals surface area contributed by atoms with Gasteiger partial charge >= 0.3 is 0 Å². The summed E-state index contributed by atoms with van der Waals surface area (Å²) in [6, 6.07) is 6.62. The van der Waals surface area contributed by atoms with Gasteiger partial charge in [0.1, 0.15) is 5.52 Å². The number of benzene rings is 1. The Labute approximate surface area is 101 Å². The first-order chi connectivity index (χ1) is 8.24. The van der Waals surface area contributed by atoms with Crippen molar-refractivity contribution in [2.45, 2.75) is 38.6 Å². The van der Waals surface area contributed by atoms with Crippen LogP contribution in [-0.2, 0) is 0 Å². The molecule has 90 valence electrons. The van der Waals surface area contributed by atoms with Crippen molar-refractivity contribution < 1.29 is 4.42 Å². The first-order valence-corrected chi connectivity index (χ1v) is 6.38. The van der Waals surface area contributed by atoms with Crippen molar-refractivity contribution in [3.05, 3.63) is 29.7 Å². The summed E-state index contributed by atoms with van der Waals surface area (Å²) in [5, 5.41) is 3.41. The van der Waals surface area contributed by atoms with Crippen LogP contribution in [0.5, 0.6) is 0 Å². The summed E-state index contributed by atoms with van der Waals surface area (Å²) < 4.78 is 5.81. The molecule has 1 aromatic heterocycles. The van der Waals surface area contributed by atoms with E-state index in [1.165, 1.54) is 12.0 Å². The predicted molar refractivity (Wildman–Crippen MR) is 68.1 cm³/mol. The molecular weight excluding hydrogens is 212 g/mol. The summed E-state index contributed by atoms with van der Waals surface area (Å²) in [6.45, 7) is 5.46. The summed E-state index contributed by atoms with van der Waals surface area (Å²) in [5.74, 6) is 1.38. The van der Waals surface area contributed by atoms with Gasteiger partial charge in [-0.2, -0.15) is 0 Å². The molecule has 2 aromatic rings. The molecular formula is C14H18N2O. The Hall–Kier alpha value is -1.35. The standard InChI is InChI=1S/C14H18N2O/c1-9(2)10-5-6-13-12(8-10)16-14(17-13)11-4-3-7-15-11/h5-6,8-9,11,15H,3-4,7H2,1-2H3. The maximum atomic E-state index is 5.81. The van der Waals surface area contributed by atoms with Crippen LogP contribution in [0.4, 0.5) is 0 Å². The second kappa shape index (κ2) is 4.15. The molecule has 1 saturated heterocycles. The Morgan fingerprint density at radius 3 is 3.00 bits per heavy atom. The number of nitrogens with zero attached hydrogens (tertiary/aromatic N) is 1. The Balaban J connectivity index is 2.00. The van der Waals surface area contributed by atoms with Gasteiger partial charge in [-0.25, -0.2) is 4.98 Å². The number of hydrogen-bond acceptors (Lipinski definition) is 3. The molecule has 0 saturated carbocycles. The van der Waals surface area contributed by atoms with E-state index in [-0.39, 0.29) is 0 Å². The van der Waals surface area contributed by atoms with Gasteiger partial charge in [-0.05, 0) is 43.0 Å². The first kappa shape index (κ1) is 10.8. The van der Waals surface area contributed by atoms with Crippen LogP contribution in [0, 0.1) is 0 Å². The molecule has 1 fully saturated rings. The average Bonchev–Trinajstić information content (AvgIpc) is 2.96. The van der Waals surface area contributed by atoms with Gasteiger partial charge in [0.15, 0.2) is 5.58 Å². The first-order valence-electron chi connectivity index (χ1n) is 6.38. The highest BCUT2D eigenvalue weighted by Gasteiger charge is 2.21. The number of aromatic nitrogens is 1. The molecule has 0 radical (unpaired) electrons. The Bertz CT molecular complexity index is 524. The van der Waals surface area contributed by atoms with Crippen LogP contribution in [0.1, 0.15) is 50.1 Å². The van der Waals surface area contributed by atoms with Crippen LogP contribution in [0.25, 0.3) is 11.1 Å².